The Hall–Kier alpha value is -0.120. The molecule has 84 valence electrons. The molecule has 0 aromatic carbocycles. The molecule has 1 N–H and O–H groups in total. The minimum Gasteiger partial charge on any atom is -0.385 e. The average Bonchev–Trinajstić information content (AvgIpc) is 3.01. The molecule has 0 aliphatic heterocycles. The average molecular weight is 201 g/mol. The summed E-state index contributed by atoms with van der Waals surface area (Å²) in [6.45, 7) is 0.847. The molecule has 0 bridgehead atoms. The van der Waals surface area contributed by atoms with Crippen molar-refractivity contribution in [1.82, 2.24) is 5.32 Å². The van der Waals surface area contributed by atoms with E-state index >= 15 is 0 Å². The third-order valence-corrected chi connectivity index (χ3v) is 2.99. The highest BCUT2D eigenvalue weighted by molar-refractivity contribution is 4.89. The van der Waals surface area contributed by atoms with Crippen molar-refractivity contribution in [2.45, 2.75) is 37.8 Å². The van der Waals surface area contributed by atoms with Crippen molar-refractivity contribution >= 4 is 0 Å². The Morgan fingerprint density at radius 1 is 1.36 bits per heavy atom. The van der Waals surface area contributed by atoms with Crippen molar-refractivity contribution in [2.75, 3.05) is 27.9 Å². The third kappa shape index (κ3) is 3.56. The first kappa shape index (κ1) is 12.0. The smallest absolute Gasteiger partial charge is 0.0752 e. The standard InChI is InChI=1S/C11H23NO2/c1-12-10(5-4-8-13-2)11(14-3)9-6-7-9/h9-12H,4-8H2,1-3H3. The van der Waals surface area contributed by atoms with Crippen molar-refractivity contribution in [3.05, 3.63) is 0 Å². The van der Waals surface area contributed by atoms with Crippen LogP contribution in [0.1, 0.15) is 25.7 Å². The Kier molecular flexibility index (Phi) is 5.45. The molecular weight excluding hydrogens is 178 g/mol. The van der Waals surface area contributed by atoms with Crippen LogP contribution in [0.15, 0.2) is 0 Å². The summed E-state index contributed by atoms with van der Waals surface area (Å²) < 4.78 is 10.6. The predicted octanol–water partition coefficient (Wildman–Crippen LogP) is 1.43. The van der Waals surface area contributed by atoms with Gasteiger partial charge < -0.3 is 14.8 Å². The second-order valence-corrected chi connectivity index (χ2v) is 4.07. The molecule has 0 spiro atoms. The predicted molar refractivity (Wildman–Crippen MR) is 57.5 cm³/mol. The largest absolute Gasteiger partial charge is 0.385 e. The van der Waals surface area contributed by atoms with Gasteiger partial charge in [-0.2, -0.15) is 0 Å². The van der Waals surface area contributed by atoms with Crippen LogP contribution in [0.25, 0.3) is 0 Å². The lowest BCUT2D eigenvalue weighted by molar-refractivity contribution is 0.0476. The Balaban J connectivity index is 2.26. The maximum absolute atomic E-state index is 5.55. The van der Waals surface area contributed by atoms with E-state index in [1.54, 1.807) is 7.11 Å². The summed E-state index contributed by atoms with van der Waals surface area (Å²) in [5, 5.41) is 3.35. The second kappa shape index (κ2) is 6.38. The van der Waals surface area contributed by atoms with E-state index < -0.39 is 0 Å². The molecule has 2 atom stereocenters. The molecular formula is C11H23NO2. The van der Waals surface area contributed by atoms with Crippen LogP contribution in [-0.4, -0.2) is 40.0 Å². The number of hydrogen-bond donors (Lipinski definition) is 1. The number of rotatable bonds is 8. The molecule has 1 saturated carbocycles. The minimum absolute atomic E-state index is 0.400. The van der Waals surface area contributed by atoms with E-state index in [9.17, 15) is 0 Å². The fourth-order valence-corrected chi connectivity index (χ4v) is 2.03. The number of hydrogen-bond acceptors (Lipinski definition) is 3. The Labute approximate surface area is 87.2 Å². The van der Waals surface area contributed by atoms with Gasteiger partial charge in [0.05, 0.1) is 6.10 Å². The Morgan fingerprint density at radius 2 is 2.07 bits per heavy atom. The fraction of sp³-hybridized carbons (Fsp3) is 1.00. The SMILES string of the molecule is CNC(CCCOC)C(OC)C1CC1. The molecule has 3 nitrogen and oxygen atoms in total. The highest BCUT2D eigenvalue weighted by Crippen LogP contribution is 2.36. The first-order valence-corrected chi connectivity index (χ1v) is 5.52. The van der Waals surface area contributed by atoms with E-state index in [1.165, 1.54) is 12.8 Å². The summed E-state index contributed by atoms with van der Waals surface area (Å²) in [7, 11) is 5.60. The van der Waals surface area contributed by atoms with Crippen LogP contribution >= 0.6 is 0 Å². The molecule has 0 heterocycles. The van der Waals surface area contributed by atoms with Crippen LogP contribution in [0.5, 0.6) is 0 Å². The maximum atomic E-state index is 5.55. The highest BCUT2D eigenvalue weighted by Gasteiger charge is 2.35. The number of ether oxygens (including phenoxy) is 2. The molecule has 0 saturated heterocycles. The summed E-state index contributed by atoms with van der Waals surface area (Å²) in [5.74, 6) is 0.792. The molecule has 14 heavy (non-hydrogen) atoms. The van der Waals surface area contributed by atoms with Crippen molar-refractivity contribution < 1.29 is 9.47 Å². The van der Waals surface area contributed by atoms with Gasteiger partial charge in [-0.1, -0.05) is 0 Å². The lowest BCUT2D eigenvalue weighted by atomic mass is 10.0. The van der Waals surface area contributed by atoms with E-state index in [0.717, 1.165) is 25.4 Å². The third-order valence-electron chi connectivity index (χ3n) is 2.99. The van der Waals surface area contributed by atoms with Gasteiger partial charge in [0, 0.05) is 26.9 Å². The van der Waals surface area contributed by atoms with Crippen LogP contribution in [-0.2, 0) is 9.47 Å². The first-order chi connectivity index (χ1) is 6.83. The zero-order chi connectivity index (χ0) is 10.4. The summed E-state index contributed by atoms with van der Waals surface area (Å²) in [5.41, 5.74) is 0. The summed E-state index contributed by atoms with van der Waals surface area (Å²) in [6.07, 6.45) is 5.31. The maximum Gasteiger partial charge on any atom is 0.0752 e. The van der Waals surface area contributed by atoms with Crippen LogP contribution in [0.4, 0.5) is 0 Å². The molecule has 0 aromatic heterocycles. The summed E-state index contributed by atoms with van der Waals surface area (Å²) >= 11 is 0. The van der Waals surface area contributed by atoms with Crippen molar-refractivity contribution in [3.63, 3.8) is 0 Å². The number of likely N-dealkylation sites (N-methyl/N-ethyl adjacent to an activating group) is 1. The molecule has 0 radical (unpaired) electrons. The molecule has 1 fully saturated rings. The Morgan fingerprint density at radius 3 is 2.50 bits per heavy atom. The second-order valence-electron chi connectivity index (χ2n) is 4.07. The van der Waals surface area contributed by atoms with Crippen molar-refractivity contribution in [3.8, 4) is 0 Å². The quantitative estimate of drug-likeness (QED) is 0.603. The van der Waals surface area contributed by atoms with Crippen LogP contribution in [0.2, 0.25) is 0 Å². The summed E-state index contributed by atoms with van der Waals surface area (Å²) in [4.78, 5) is 0. The lowest BCUT2D eigenvalue weighted by Gasteiger charge is -2.25. The monoisotopic (exact) mass is 201 g/mol. The minimum atomic E-state index is 0.400. The number of methoxy groups -OCH3 is 2. The van der Waals surface area contributed by atoms with Gasteiger partial charge in [-0.25, -0.2) is 0 Å². The van der Waals surface area contributed by atoms with Gasteiger partial charge in [0.1, 0.15) is 0 Å². The van der Waals surface area contributed by atoms with E-state index in [1.807, 2.05) is 14.2 Å². The van der Waals surface area contributed by atoms with Crippen LogP contribution in [0, 0.1) is 5.92 Å². The molecule has 2 unspecified atom stereocenters. The summed E-state index contributed by atoms with van der Waals surface area (Å²) in [6, 6.07) is 0.489. The van der Waals surface area contributed by atoms with Gasteiger partial charge in [0.2, 0.25) is 0 Å². The van der Waals surface area contributed by atoms with Crippen molar-refractivity contribution in [2.24, 2.45) is 5.92 Å². The molecule has 0 amide bonds. The zero-order valence-corrected chi connectivity index (χ0v) is 9.58. The van der Waals surface area contributed by atoms with Crippen LogP contribution < -0.4 is 5.32 Å². The van der Waals surface area contributed by atoms with Gasteiger partial charge in [0.15, 0.2) is 0 Å². The van der Waals surface area contributed by atoms with Gasteiger partial charge >= 0.3 is 0 Å². The van der Waals surface area contributed by atoms with E-state index in [0.29, 0.717) is 12.1 Å². The zero-order valence-electron chi connectivity index (χ0n) is 9.58. The van der Waals surface area contributed by atoms with E-state index in [-0.39, 0.29) is 0 Å². The van der Waals surface area contributed by atoms with Gasteiger partial charge in [-0.15, -0.1) is 0 Å². The normalized spacial score (nSPS) is 20.8. The first-order valence-electron chi connectivity index (χ1n) is 5.52. The lowest BCUT2D eigenvalue weighted by Crippen LogP contribution is -2.40. The van der Waals surface area contributed by atoms with Crippen molar-refractivity contribution in [1.29, 1.82) is 0 Å². The molecule has 1 rings (SSSR count). The highest BCUT2D eigenvalue weighted by atomic mass is 16.5. The van der Waals surface area contributed by atoms with E-state index in [4.69, 9.17) is 9.47 Å². The van der Waals surface area contributed by atoms with Gasteiger partial charge in [-0.05, 0) is 38.6 Å². The van der Waals surface area contributed by atoms with E-state index in [2.05, 4.69) is 5.32 Å². The topological polar surface area (TPSA) is 30.5 Å². The molecule has 1 aliphatic carbocycles. The molecule has 3 heteroatoms. The molecule has 0 aromatic rings. The molecule has 1 aliphatic rings. The van der Waals surface area contributed by atoms with Gasteiger partial charge in [0.25, 0.3) is 0 Å². The van der Waals surface area contributed by atoms with Crippen LogP contribution in [0.3, 0.4) is 0 Å². The Bertz CT molecular complexity index is 148. The fourth-order valence-electron chi connectivity index (χ4n) is 2.03. The van der Waals surface area contributed by atoms with Gasteiger partial charge in [-0.3, -0.25) is 0 Å². The number of nitrogens with one attached hydrogen (secondary N) is 1.